The highest BCUT2D eigenvalue weighted by atomic mass is 16.4. The fourth-order valence-corrected chi connectivity index (χ4v) is 3.77. The van der Waals surface area contributed by atoms with Crippen LogP contribution >= 0.6 is 0 Å². The zero-order chi connectivity index (χ0) is 16.1. The van der Waals surface area contributed by atoms with Crippen molar-refractivity contribution < 1.29 is 25.2 Å². The van der Waals surface area contributed by atoms with E-state index in [2.05, 4.69) is 12.2 Å². The van der Waals surface area contributed by atoms with Crippen molar-refractivity contribution in [3.05, 3.63) is 12.2 Å². The van der Waals surface area contributed by atoms with Crippen LogP contribution < -0.4 is 0 Å². The topological polar surface area (TPSA) is 98.0 Å². The Morgan fingerprint density at radius 1 is 1.09 bits per heavy atom. The Kier molecular flexibility index (Phi) is 6.56. The van der Waals surface area contributed by atoms with Gasteiger partial charge in [-0.25, -0.2) is 0 Å². The van der Waals surface area contributed by atoms with E-state index in [-0.39, 0.29) is 6.42 Å². The summed E-state index contributed by atoms with van der Waals surface area (Å²) >= 11 is 0. The molecule has 5 nitrogen and oxygen atoms in total. The second-order valence-electron chi connectivity index (χ2n) is 6.79. The van der Waals surface area contributed by atoms with Crippen molar-refractivity contribution >= 4 is 5.78 Å². The van der Waals surface area contributed by atoms with Gasteiger partial charge in [-0.3, -0.25) is 4.79 Å². The van der Waals surface area contributed by atoms with Crippen LogP contribution in [0.2, 0.25) is 0 Å². The third-order valence-corrected chi connectivity index (χ3v) is 5.15. The lowest BCUT2D eigenvalue weighted by molar-refractivity contribution is -0.140. The number of ketones is 1. The molecule has 0 aromatic rings. The number of carbonyl (C=O) groups excluding carboxylic acids is 1. The second-order valence-corrected chi connectivity index (χ2v) is 6.79. The molecule has 0 amide bonds. The zero-order valence-corrected chi connectivity index (χ0v) is 13.0. The molecule has 2 aliphatic carbocycles. The van der Waals surface area contributed by atoms with Gasteiger partial charge in [0, 0.05) is 6.42 Å². The Balaban J connectivity index is 1.56. The van der Waals surface area contributed by atoms with Gasteiger partial charge in [-0.15, -0.1) is 0 Å². The Labute approximate surface area is 131 Å². The van der Waals surface area contributed by atoms with Crippen molar-refractivity contribution in [2.75, 3.05) is 6.61 Å². The third kappa shape index (κ3) is 4.38. The molecule has 4 N–H and O–H groups in total. The smallest absolute Gasteiger partial charge is 0.164 e. The summed E-state index contributed by atoms with van der Waals surface area (Å²) in [5, 5.41) is 37.0. The number of Topliss-reactive ketones (excluding diaryl/α,β-unsaturated/α-hetero) is 1. The minimum Gasteiger partial charge on any atom is -0.394 e. The number of unbranched alkanes of at least 4 members (excludes halogenated alkanes) is 2. The molecule has 0 aliphatic heterocycles. The number of aliphatic hydroxyl groups excluding tert-OH is 4. The first-order chi connectivity index (χ1) is 10.5. The second kappa shape index (κ2) is 8.20. The van der Waals surface area contributed by atoms with E-state index >= 15 is 0 Å². The molecule has 0 aromatic carbocycles. The molecule has 126 valence electrons. The van der Waals surface area contributed by atoms with E-state index in [9.17, 15) is 20.1 Å². The molecule has 5 heteroatoms. The SMILES string of the molecule is O=C(CCCCCC1CC2C=CC1C2)C(O)C(O)C(O)CO. The maximum absolute atomic E-state index is 11.7. The Bertz CT molecular complexity index is 395. The van der Waals surface area contributed by atoms with E-state index < -0.39 is 30.7 Å². The molecule has 1 fully saturated rings. The van der Waals surface area contributed by atoms with E-state index in [4.69, 9.17) is 5.11 Å². The van der Waals surface area contributed by atoms with Gasteiger partial charge in [-0.1, -0.05) is 25.0 Å². The summed E-state index contributed by atoms with van der Waals surface area (Å²) in [4.78, 5) is 11.7. The van der Waals surface area contributed by atoms with Gasteiger partial charge in [0.2, 0.25) is 0 Å². The summed E-state index contributed by atoms with van der Waals surface area (Å²) < 4.78 is 0. The summed E-state index contributed by atoms with van der Waals surface area (Å²) in [6, 6.07) is 0. The molecule has 0 radical (unpaired) electrons. The van der Waals surface area contributed by atoms with E-state index in [0.29, 0.717) is 6.42 Å². The maximum atomic E-state index is 11.7. The van der Waals surface area contributed by atoms with Gasteiger partial charge in [-0.05, 0) is 43.4 Å². The van der Waals surface area contributed by atoms with Gasteiger partial charge >= 0.3 is 0 Å². The first kappa shape index (κ1) is 17.6. The third-order valence-electron chi connectivity index (χ3n) is 5.15. The van der Waals surface area contributed by atoms with Crippen molar-refractivity contribution in [3.8, 4) is 0 Å². The highest BCUT2D eigenvalue weighted by molar-refractivity contribution is 5.83. The van der Waals surface area contributed by atoms with E-state index in [1.54, 1.807) is 0 Å². The standard InChI is InChI=1S/C17H28O5/c18-10-15(20)17(22)16(21)14(19)5-3-1-2-4-12-8-11-6-7-13(12)9-11/h6-7,11-13,15-18,20-22H,1-5,8-10H2. The van der Waals surface area contributed by atoms with Crippen molar-refractivity contribution in [3.63, 3.8) is 0 Å². The number of hydrogen-bond acceptors (Lipinski definition) is 5. The first-order valence-corrected chi connectivity index (χ1v) is 8.39. The zero-order valence-electron chi connectivity index (χ0n) is 13.0. The van der Waals surface area contributed by atoms with Crippen LogP contribution in [-0.2, 0) is 4.79 Å². The van der Waals surface area contributed by atoms with Crippen LogP contribution in [0.4, 0.5) is 0 Å². The summed E-state index contributed by atoms with van der Waals surface area (Å²) in [6.45, 7) is -0.677. The number of carbonyl (C=O) groups is 1. The van der Waals surface area contributed by atoms with Crippen molar-refractivity contribution in [1.82, 2.24) is 0 Å². The lowest BCUT2D eigenvalue weighted by Crippen LogP contribution is -2.43. The average Bonchev–Trinajstić information content (AvgIpc) is 3.14. The molecule has 2 rings (SSSR count). The fourth-order valence-electron chi connectivity index (χ4n) is 3.77. The molecule has 22 heavy (non-hydrogen) atoms. The van der Waals surface area contributed by atoms with Gasteiger partial charge in [-0.2, -0.15) is 0 Å². The minimum atomic E-state index is -1.61. The number of allylic oxidation sites excluding steroid dienone is 2. The minimum absolute atomic E-state index is 0.201. The Morgan fingerprint density at radius 3 is 2.45 bits per heavy atom. The molecule has 2 aliphatic rings. The predicted octanol–water partition coefficient (Wildman–Crippen LogP) is 0.793. The maximum Gasteiger partial charge on any atom is 0.164 e. The molecule has 6 unspecified atom stereocenters. The fraction of sp³-hybridized carbons (Fsp3) is 0.824. The van der Waals surface area contributed by atoms with Crippen LogP contribution in [0.5, 0.6) is 0 Å². The summed E-state index contributed by atoms with van der Waals surface area (Å²) in [7, 11) is 0. The predicted molar refractivity (Wildman–Crippen MR) is 82.0 cm³/mol. The number of hydrogen-bond donors (Lipinski definition) is 4. The van der Waals surface area contributed by atoms with Crippen LogP contribution in [-0.4, -0.2) is 51.1 Å². The van der Waals surface area contributed by atoms with Crippen LogP contribution in [0.25, 0.3) is 0 Å². The van der Waals surface area contributed by atoms with Crippen LogP contribution in [0.15, 0.2) is 12.2 Å². The molecule has 0 heterocycles. The summed E-state index contributed by atoms with van der Waals surface area (Å²) in [5.41, 5.74) is 0. The molecule has 0 aromatic heterocycles. The van der Waals surface area contributed by atoms with E-state index in [1.165, 1.54) is 19.3 Å². The molecule has 6 atom stereocenters. The van der Waals surface area contributed by atoms with Crippen LogP contribution in [0, 0.1) is 17.8 Å². The first-order valence-electron chi connectivity index (χ1n) is 8.39. The van der Waals surface area contributed by atoms with Gasteiger partial charge < -0.3 is 20.4 Å². The quantitative estimate of drug-likeness (QED) is 0.353. The highest BCUT2D eigenvalue weighted by Gasteiger charge is 2.34. The number of rotatable bonds is 10. The largest absolute Gasteiger partial charge is 0.394 e. The van der Waals surface area contributed by atoms with Crippen LogP contribution in [0.3, 0.4) is 0 Å². The van der Waals surface area contributed by atoms with Crippen molar-refractivity contribution in [1.29, 1.82) is 0 Å². The monoisotopic (exact) mass is 312 g/mol. The van der Waals surface area contributed by atoms with Crippen LogP contribution in [0.1, 0.15) is 44.9 Å². The average molecular weight is 312 g/mol. The molecule has 0 spiro atoms. The molecule has 2 bridgehead atoms. The highest BCUT2D eigenvalue weighted by Crippen LogP contribution is 2.45. The molecular formula is C17H28O5. The van der Waals surface area contributed by atoms with Gasteiger partial charge in [0.15, 0.2) is 5.78 Å². The van der Waals surface area contributed by atoms with E-state index in [1.807, 2.05) is 0 Å². The Morgan fingerprint density at radius 2 is 1.86 bits per heavy atom. The normalized spacial score (nSPS) is 30.5. The molecule has 0 saturated heterocycles. The molecular weight excluding hydrogens is 284 g/mol. The van der Waals surface area contributed by atoms with E-state index in [0.717, 1.165) is 30.6 Å². The number of fused-ring (bicyclic) bond motifs is 2. The van der Waals surface area contributed by atoms with Gasteiger partial charge in [0.1, 0.15) is 18.3 Å². The number of aliphatic hydroxyl groups is 4. The van der Waals surface area contributed by atoms with Crippen molar-refractivity contribution in [2.24, 2.45) is 17.8 Å². The Hall–Kier alpha value is -0.750. The summed E-state index contributed by atoms with van der Waals surface area (Å²) in [6.07, 6.45) is 6.74. The van der Waals surface area contributed by atoms with Crippen molar-refractivity contribution in [2.45, 2.75) is 63.3 Å². The summed E-state index contributed by atoms with van der Waals surface area (Å²) in [5.74, 6) is 1.90. The lowest BCUT2D eigenvalue weighted by atomic mass is 9.88. The van der Waals surface area contributed by atoms with Gasteiger partial charge in [0.05, 0.1) is 6.61 Å². The lowest BCUT2D eigenvalue weighted by Gasteiger charge is -2.20. The van der Waals surface area contributed by atoms with Gasteiger partial charge in [0.25, 0.3) is 0 Å². The molecule has 1 saturated carbocycles.